The van der Waals surface area contributed by atoms with Crippen LogP contribution in [0.25, 0.3) is 97.7 Å². The summed E-state index contributed by atoms with van der Waals surface area (Å²) in [6.45, 7) is 0. The summed E-state index contributed by atoms with van der Waals surface area (Å²) in [7, 11) is 0. The number of furan rings is 1. The Hall–Kier alpha value is -7.98. The molecule has 63 heavy (non-hydrogen) atoms. The quantitative estimate of drug-likeness (QED) is 0.152. The summed E-state index contributed by atoms with van der Waals surface area (Å²) >= 11 is 1.87. The number of fused-ring (bicyclic) bond motifs is 6. The van der Waals surface area contributed by atoms with Crippen molar-refractivity contribution in [2.75, 3.05) is 4.90 Å². The molecule has 0 N–H and O–H groups in total. The molecule has 2 nitrogen and oxygen atoms in total. The van der Waals surface area contributed by atoms with Crippen molar-refractivity contribution in [3.63, 3.8) is 0 Å². The van der Waals surface area contributed by atoms with E-state index in [1.54, 1.807) is 0 Å². The smallest absolute Gasteiger partial charge is 0.143 e. The molecule has 0 aliphatic carbocycles. The second-order valence-corrected chi connectivity index (χ2v) is 17.1. The normalized spacial score (nSPS) is 11.5. The molecule has 2 aromatic heterocycles. The highest BCUT2D eigenvalue weighted by Crippen LogP contribution is 2.43. The predicted octanol–water partition coefficient (Wildman–Crippen LogP) is 17.8. The number of hydrogen-bond acceptors (Lipinski definition) is 3. The van der Waals surface area contributed by atoms with Crippen LogP contribution in [0, 0.1) is 0 Å². The Balaban J connectivity index is 0.904. The summed E-state index contributed by atoms with van der Waals surface area (Å²) in [6.07, 6.45) is 0. The summed E-state index contributed by atoms with van der Waals surface area (Å²) in [5.74, 6) is 0. The fourth-order valence-corrected chi connectivity index (χ4v) is 10.4. The number of rotatable bonds is 8. The van der Waals surface area contributed by atoms with E-state index in [0.29, 0.717) is 0 Å². The molecule has 2 heterocycles. The van der Waals surface area contributed by atoms with Crippen molar-refractivity contribution in [1.82, 2.24) is 0 Å². The van der Waals surface area contributed by atoms with Gasteiger partial charge in [-0.05, 0) is 93.0 Å². The fourth-order valence-electron chi connectivity index (χ4n) is 9.21. The van der Waals surface area contributed by atoms with Gasteiger partial charge < -0.3 is 9.32 Å². The molecule has 10 aromatic carbocycles. The lowest BCUT2D eigenvalue weighted by molar-refractivity contribution is 0.671. The Morgan fingerprint density at radius 3 is 1.33 bits per heavy atom. The third kappa shape index (κ3) is 6.58. The number of anilines is 3. The maximum absolute atomic E-state index is 6.79. The van der Waals surface area contributed by atoms with Crippen LogP contribution >= 0.6 is 11.3 Å². The molecule has 0 radical (unpaired) electrons. The molecule has 0 bridgehead atoms. The van der Waals surface area contributed by atoms with Gasteiger partial charge in [-0.1, -0.05) is 188 Å². The minimum atomic E-state index is 0.906. The highest BCUT2D eigenvalue weighted by atomic mass is 32.1. The second kappa shape index (κ2) is 15.5. The van der Waals surface area contributed by atoms with E-state index in [2.05, 4.69) is 241 Å². The van der Waals surface area contributed by atoms with Gasteiger partial charge in [0, 0.05) is 59.1 Å². The third-order valence-corrected chi connectivity index (χ3v) is 13.5. The first-order valence-electron chi connectivity index (χ1n) is 21.4. The number of nitrogens with zero attached hydrogens (tertiary/aromatic N) is 1. The number of thiophene rings is 1. The lowest BCUT2D eigenvalue weighted by Gasteiger charge is -2.26. The van der Waals surface area contributed by atoms with E-state index in [0.717, 1.165) is 72.4 Å². The largest absolute Gasteiger partial charge is 0.455 e. The molecule has 0 saturated heterocycles. The van der Waals surface area contributed by atoms with Crippen LogP contribution in [-0.4, -0.2) is 0 Å². The zero-order valence-corrected chi connectivity index (χ0v) is 35.1. The van der Waals surface area contributed by atoms with Crippen molar-refractivity contribution in [2.24, 2.45) is 0 Å². The van der Waals surface area contributed by atoms with Crippen LogP contribution in [0.3, 0.4) is 0 Å². The van der Waals surface area contributed by atoms with Gasteiger partial charge in [0.15, 0.2) is 0 Å². The van der Waals surface area contributed by atoms with Crippen LogP contribution in [0.1, 0.15) is 0 Å². The van der Waals surface area contributed by atoms with Crippen molar-refractivity contribution >= 4 is 70.5 Å². The first-order chi connectivity index (χ1) is 31.2. The van der Waals surface area contributed by atoms with E-state index in [9.17, 15) is 0 Å². The van der Waals surface area contributed by atoms with Gasteiger partial charge in [0.05, 0.1) is 0 Å². The number of hydrogen-bond donors (Lipinski definition) is 0. The van der Waals surface area contributed by atoms with Gasteiger partial charge in [-0.3, -0.25) is 0 Å². The van der Waals surface area contributed by atoms with Crippen LogP contribution in [0.5, 0.6) is 0 Å². The topological polar surface area (TPSA) is 16.4 Å². The van der Waals surface area contributed by atoms with E-state index < -0.39 is 0 Å². The maximum atomic E-state index is 6.79. The predicted molar refractivity (Wildman–Crippen MR) is 268 cm³/mol. The van der Waals surface area contributed by atoms with E-state index in [1.807, 2.05) is 11.3 Å². The molecule has 0 aliphatic heterocycles. The minimum absolute atomic E-state index is 0.906. The molecule has 0 fully saturated rings. The summed E-state index contributed by atoms with van der Waals surface area (Å²) in [5, 5.41) is 4.88. The average Bonchev–Trinajstić information content (AvgIpc) is 3.94. The molecule has 3 heteroatoms. The summed E-state index contributed by atoms with van der Waals surface area (Å²) < 4.78 is 9.43. The molecule has 0 amide bonds. The van der Waals surface area contributed by atoms with Crippen LogP contribution < -0.4 is 4.90 Å². The van der Waals surface area contributed by atoms with Crippen molar-refractivity contribution in [1.29, 1.82) is 0 Å². The van der Waals surface area contributed by atoms with Gasteiger partial charge in [0.25, 0.3) is 0 Å². The van der Waals surface area contributed by atoms with Gasteiger partial charge in [0.2, 0.25) is 0 Å². The second-order valence-electron chi connectivity index (χ2n) is 16.0. The van der Waals surface area contributed by atoms with Gasteiger partial charge in [0.1, 0.15) is 11.2 Å². The standard InChI is InChI=1S/C60H39NOS/c1-3-13-40(14-4-1)41-27-33-47(34-28-41)61(49-37-31-44(32-38-49)52-22-12-25-56-53-19-7-8-26-57(53)63-60(52)56)48-35-29-42(30-36-48)45-17-9-18-46(39-45)51-21-11-24-55-54-23-10-20-50(58(54)62-59(51)55)43-15-5-2-6-16-43/h1-39H. The first kappa shape index (κ1) is 36.8. The van der Waals surface area contributed by atoms with Crippen LogP contribution in [0.4, 0.5) is 17.1 Å². The van der Waals surface area contributed by atoms with Gasteiger partial charge in [-0.25, -0.2) is 0 Å². The van der Waals surface area contributed by atoms with Gasteiger partial charge in [-0.2, -0.15) is 0 Å². The Morgan fingerprint density at radius 2 is 0.698 bits per heavy atom. The molecule has 0 unspecified atom stereocenters. The Labute approximate surface area is 370 Å². The van der Waals surface area contributed by atoms with Crippen LogP contribution in [-0.2, 0) is 0 Å². The summed E-state index contributed by atoms with van der Waals surface area (Å²) in [6, 6.07) is 85.1. The number of benzene rings is 10. The van der Waals surface area contributed by atoms with Gasteiger partial charge >= 0.3 is 0 Å². The molecular weight excluding hydrogens is 783 g/mol. The molecule has 12 aromatic rings. The van der Waals surface area contributed by atoms with Crippen LogP contribution in [0.2, 0.25) is 0 Å². The zero-order chi connectivity index (χ0) is 41.7. The monoisotopic (exact) mass is 821 g/mol. The maximum Gasteiger partial charge on any atom is 0.143 e. The van der Waals surface area contributed by atoms with E-state index in [-0.39, 0.29) is 0 Å². The molecule has 0 saturated carbocycles. The van der Waals surface area contributed by atoms with E-state index >= 15 is 0 Å². The average molecular weight is 822 g/mol. The molecule has 0 spiro atoms. The van der Waals surface area contributed by atoms with Crippen molar-refractivity contribution in [2.45, 2.75) is 0 Å². The Bertz CT molecular complexity index is 3590. The summed E-state index contributed by atoms with van der Waals surface area (Å²) in [5.41, 5.74) is 16.7. The lowest BCUT2D eigenvalue weighted by atomic mass is 9.97. The SMILES string of the molecule is c1ccc(-c2ccc(N(c3ccc(-c4cccc(-c5cccc6c5oc5c(-c7ccccc7)cccc56)c4)cc3)c3ccc(-c4cccc5c4sc4ccccc45)cc3)cc2)cc1. The van der Waals surface area contributed by atoms with Gasteiger partial charge in [-0.15, -0.1) is 11.3 Å². The lowest BCUT2D eigenvalue weighted by Crippen LogP contribution is -2.09. The highest BCUT2D eigenvalue weighted by molar-refractivity contribution is 7.26. The van der Waals surface area contributed by atoms with Crippen molar-refractivity contribution < 1.29 is 4.42 Å². The highest BCUT2D eigenvalue weighted by Gasteiger charge is 2.18. The van der Waals surface area contributed by atoms with E-state index in [1.165, 1.54) is 42.4 Å². The molecular formula is C60H39NOS. The summed E-state index contributed by atoms with van der Waals surface area (Å²) in [4.78, 5) is 2.35. The molecule has 0 aliphatic rings. The molecule has 12 rings (SSSR count). The Kier molecular flexibility index (Phi) is 9.06. The van der Waals surface area contributed by atoms with Crippen molar-refractivity contribution in [3.05, 3.63) is 237 Å². The molecule has 296 valence electrons. The van der Waals surface area contributed by atoms with E-state index in [4.69, 9.17) is 4.42 Å². The third-order valence-electron chi connectivity index (χ3n) is 12.3. The van der Waals surface area contributed by atoms with Crippen LogP contribution in [0.15, 0.2) is 241 Å². The zero-order valence-electron chi connectivity index (χ0n) is 34.3. The van der Waals surface area contributed by atoms with Crippen molar-refractivity contribution in [3.8, 4) is 55.6 Å². The Morgan fingerprint density at radius 1 is 0.286 bits per heavy atom. The number of para-hydroxylation sites is 2. The first-order valence-corrected chi connectivity index (χ1v) is 22.2. The fraction of sp³-hybridized carbons (Fsp3) is 0. The minimum Gasteiger partial charge on any atom is -0.455 e. The molecule has 0 atom stereocenters.